The number of benzene rings is 2. The molecule has 5 rings (SSSR count). The maximum Gasteiger partial charge on any atom is 0.253 e. The molecule has 0 unspecified atom stereocenters. The predicted octanol–water partition coefficient (Wildman–Crippen LogP) is 3.15. The van der Waals surface area contributed by atoms with Crippen molar-refractivity contribution in [1.29, 1.82) is 0 Å². The minimum Gasteiger partial charge on any atom is -0.338 e. The topological polar surface area (TPSA) is 78.8 Å². The summed E-state index contributed by atoms with van der Waals surface area (Å²) in [5.74, 6) is 0.171. The molecule has 0 radical (unpaired) electrons. The maximum absolute atomic E-state index is 14.3. The molecule has 8 nitrogen and oxygen atoms in total. The molecule has 0 atom stereocenters. The lowest BCUT2D eigenvalue weighted by atomic mass is 10.2. The van der Waals surface area contributed by atoms with Crippen LogP contribution in [0.15, 0.2) is 65.8 Å². The molecule has 2 aliphatic heterocycles. The summed E-state index contributed by atoms with van der Waals surface area (Å²) in [7, 11) is -3.53. The number of piperazine rings is 1. The number of hydrogen-bond donors (Lipinski definition) is 0. The van der Waals surface area contributed by atoms with Crippen molar-refractivity contribution < 1.29 is 17.6 Å². The second kappa shape index (κ2) is 9.79. The Bertz CT molecular complexity index is 1290. The first-order valence-electron chi connectivity index (χ1n) is 11.9. The standard InChI is InChI=1S/C25H28FN5O3S/c26-22-6-2-3-7-23(22)31-15-12-27-25(31)29-18-16-28(17-19-29)24(32)20-8-10-21(11-9-20)35(33,34)30-13-4-1-5-14-30/h2-3,6-12,15H,1,4-5,13-14,16-19H2. The van der Waals surface area contributed by atoms with Crippen molar-refractivity contribution in [2.24, 2.45) is 0 Å². The number of sulfonamides is 1. The molecule has 2 saturated heterocycles. The molecule has 0 saturated carbocycles. The van der Waals surface area contributed by atoms with Crippen molar-refractivity contribution in [3.63, 3.8) is 0 Å². The van der Waals surface area contributed by atoms with Gasteiger partial charge in [-0.2, -0.15) is 4.31 Å². The van der Waals surface area contributed by atoms with E-state index in [1.807, 2.05) is 4.90 Å². The summed E-state index contributed by atoms with van der Waals surface area (Å²) in [5.41, 5.74) is 0.891. The summed E-state index contributed by atoms with van der Waals surface area (Å²) < 4.78 is 43.3. The van der Waals surface area contributed by atoms with E-state index >= 15 is 0 Å². The Labute approximate surface area is 204 Å². The molecule has 1 amide bonds. The highest BCUT2D eigenvalue weighted by Gasteiger charge is 2.28. The van der Waals surface area contributed by atoms with Crippen LogP contribution < -0.4 is 4.90 Å². The molecule has 0 bridgehead atoms. The number of anilines is 1. The summed E-state index contributed by atoms with van der Waals surface area (Å²) in [4.78, 5) is 21.5. The Balaban J connectivity index is 1.24. The second-order valence-electron chi connectivity index (χ2n) is 8.82. The molecule has 0 aliphatic carbocycles. The van der Waals surface area contributed by atoms with Crippen LogP contribution in [0.3, 0.4) is 0 Å². The quantitative estimate of drug-likeness (QED) is 0.541. The highest BCUT2D eigenvalue weighted by atomic mass is 32.2. The number of carbonyl (C=O) groups is 1. The number of carbonyl (C=O) groups excluding carboxylic acids is 1. The van der Waals surface area contributed by atoms with Crippen molar-refractivity contribution in [1.82, 2.24) is 18.8 Å². The summed E-state index contributed by atoms with van der Waals surface area (Å²) >= 11 is 0. The van der Waals surface area contributed by atoms with Gasteiger partial charge in [0.15, 0.2) is 0 Å². The first kappa shape index (κ1) is 23.5. The van der Waals surface area contributed by atoms with Gasteiger partial charge in [0.25, 0.3) is 5.91 Å². The van der Waals surface area contributed by atoms with E-state index in [0.29, 0.717) is 56.5 Å². The first-order valence-corrected chi connectivity index (χ1v) is 13.3. The van der Waals surface area contributed by atoms with Gasteiger partial charge in [-0.25, -0.2) is 17.8 Å². The van der Waals surface area contributed by atoms with Crippen molar-refractivity contribution in [3.8, 4) is 5.69 Å². The fourth-order valence-electron chi connectivity index (χ4n) is 4.68. The molecular weight excluding hydrogens is 469 g/mol. The third-order valence-electron chi connectivity index (χ3n) is 6.64. The van der Waals surface area contributed by atoms with Crippen LogP contribution in [0.2, 0.25) is 0 Å². The highest BCUT2D eigenvalue weighted by Crippen LogP contribution is 2.24. The van der Waals surface area contributed by atoms with Crippen LogP contribution in [0.25, 0.3) is 5.69 Å². The molecule has 35 heavy (non-hydrogen) atoms. The van der Waals surface area contributed by atoms with Crippen LogP contribution >= 0.6 is 0 Å². The Hall–Kier alpha value is -3.24. The number of amides is 1. The molecular formula is C25H28FN5O3S. The predicted molar refractivity (Wildman–Crippen MR) is 131 cm³/mol. The summed E-state index contributed by atoms with van der Waals surface area (Å²) in [5, 5.41) is 0. The zero-order chi connectivity index (χ0) is 24.4. The molecule has 0 spiro atoms. The number of hydrogen-bond acceptors (Lipinski definition) is 5. The van der Waals surface area contributed by atoms with Crippen LogP contribution in [0.1, 0.15) is 29.6 Å². The maximum atomic E-state index is 14.3. The lowest BCUT2D eigenvalue weighted by molar-refractivity contribution is 0.0746. The number of para-hydroxylation sites is 1. The lowest BCUT2D eigenvalue weighted by Gasteiger charge is -2.35. The van der Waals surface area contributed by atoms with Gasteiger partial charge in [-0.15, -0.1) is 0 Å². The van der Waals surface area contributed by atoms with E-state index < -0.39 is 10.0 Å². The normalized spacial score (nSPS) is 17.5. The van der Waals surface area contributed by atoms with E-state index in [2.05, 4.69) is 4.98 Å². The van der Waals surface area contributed by atoms with Gasteiger partial charge in [0.05, 0.1) is 10.6 Å². The zero-order valence-corrected chi connectivity index (χ0v) is 20.2. The molecule has 3 heterocycles. The van der Waals surface area contributed by atoms with E-state index in [4.69, 9.17) is 0 Å². The number of imidazole rings is 1. The summed E-state index contributed by atoms with van der Waals surface area (Å²) in [6.07, 6.45) is 6.17. The van der Waals surface area contributed by atoms with Crippen LogP contribution in [0, 0.1) is 5.82 Å². The number of nitrogens with zero attached hydrogens (tertiary/aromatic N) is 5. The molecule has 184 valence electrons. The molecule has 2 aliphatic rings. The van der Waals surface area contributed by atoms with Crippen molar-refractivity contribution in [2.75, 3.05) is 44.2 Å². The first-order chi connectivity index (χ1) is 16.9. The average Bonchev–Trinajstić information content (AvgIpc) is 3.39. The van der Waals surface area contributed by atoms with Crippen LogP contribution in [-0.2, 0) is 10.0 Å². The minimum atomic E-state index is -3.53. The van der Waals surface area contributed by atoms with Crippen LogP contribution in [0.4, 0.5) is 10.3 Å². The zero-order valence-electron chi connectivity index (χ0n) is 19.4. The van der Waals surface area contributed by atoms with Gasteiger partial charge in [-0.05, 0) is 49.2 Å². The minimum absolute atomic E-state index is 0.135. The van der Waals surface area contributed by atoms with Gasteiger partial charge in [0.2, 0.25) is 16.0 Å². The molecule has 2 aromatic carbocycles. The SMILES string of the molecule is O=C(c1ccc(S(=O)(=O)N2CCCCC2)cc1)N1CCN(c2nccn2-c2ccccc2F)CC1. The monoisotopic (exact) mass is 497 g/mol. The van der Waals surface area contributed by atoms with Gasteiger partial charge in [0, 0.05) is 57.2 Å². The van der Waals surface area contributed by atoms with E-state index in [-0.39, 0.29) is 16.6 Å². The third kappa shape index (κ3) is 4.68. The highest BCUT2D eigenvalue weighted by molar-refractivity contribution is 7.89. The van der Waals surface area contributed by atoms with Gasteiger partial charge < -0.3 is 9.80 Å². The Kier molecular flexibility index (Phi) is 6.57. The van der Waals surface area contributed by atoms with E-state index in [1.54, 1.807) is 52.2 Å². The molecule has 2 fully saturated rings. The molecule has 10 heteroatoms. The average molecular weight is 498 g/mol. The number of rotatable bonds is 5. The van der Waals surface area contributed by atoms with Crippen LogP contribution in [-0.4, -0.2) is 72.3 Å². The third-order valence-corrected chi connectivity index (χ3v) is 8.55. The fourth-order valence-corrected chi connectivity index (χ4v) is 6.20. The van der Waals surface area contributed by atoms with Gasteiger partial charge >= 0.3 is 0 Å². The summed E-state index contributed by atoms with van der Waals surface area (Å²) in [6.45, 7) is 3.16. The molecule has 1 aromatic heterocycles. The smallest absolute Gasteiger partial charge is 0.253 e. The largest absolute Gasteiger partial charge is 0.338 e. The van der Waals surface area contributed by atoms with E-state index in [1.165, 1.54) is 22.5 Å². The van der Waals surface area contributed by atoms with E-state index in [9.17, 15) is 17.6 Å². The number of piperidine rings is 1. The Morgan fingerprint density at radius 2 is 1.54 bits per heavy atom. The van der Waals surface area contributed by atoms with E-state index in [0.717, 1.165) is 19.3 Å². The fraction of sp³-hybridized carbons (Fsp3) is 0.360. The van der Waals surface area contributed by atoms with Gasteiger partial charge in [0.1, 0.15) is 5.82 Å². The van der Waals surface area contributed by atoms with Crippen molar-refractivity contribution >= 4 is 21.9 Å². The van der Waals surface area contributed by atoms with Gasteiger partial charge in [-0.1, -0.05) is 18.6 Å². The van der Waals surface area contributed by atoms with Gasteiger partial charge in [-0.3, -0.25) is 9.36 Å². The van der Waals surface area contributed by atoms with Crippen molar-refractivity contribution in [2.45, 2.75) is 24.2 Å². The second-order valence-corrected chi connectivity index (χ2v) is 10.8. The number of aromatic nitrogens is 2. The van der Waals surface area contributed by atoms with Crippen LogP contribution in [0.5, 0.6) is 0 Å². The molecule has 0 N–H and O–H groups in total. The Morgan fingerprint density at radius 3 is 2.23 bits per heavy atom. The number of halogens is 1. The lowest BCUT2D eigenvalue weighted by Crippen LogP contribution is -2.49. The summed E-state index contributed by atoms with van der Waals surface area (Å²) in [6, 6.07) is 12.8. The molecule has 3 aromatic rings. The Morgan fingerprint density at radius 1 is 0.857 bits per heavy atom. The van der Waals surface area contributed by atoms with Crippen molar-refractivity contribution in [3.05, 3.63) is 72.3 Å².